The first-order valence-electron chi connectivity index (χ1n) is 8.23. The van der Waals surface area contributed by atoms with Gasteiger partial charge in [-0.05, 0) is 56.4 Å². The minimum atomic E-state index is 0.627. The topological polar surface area (TPSA) is 42.7 Å². The first-order valence-corrected chi connectivity index (χ1v) is 8.23. The van der Waals surface area contributed by atoms with Gasteiger partial charge in [-0.2, -0.15) is 0 Å². The largest absolute Gasteiger partial charge is 0.314 e. The summed E-state index contributed by atoms with van der Waals surface area (Å²) in [6.45, 7) is 5.91. The van der Waals surface area contributed by atoms with E-state index in [-0.39, 0.29) is 0 Å². The number of nitrogens with one attached hydrogen (secondary N) is 1. The van der Waals surface area contributed by atoms with Gasteiger partial charge in [0.15, 0.2) is 0 Å². The lowest BCUT2D eigenvalue weighted by atomic mass is 9.69. The second-order valence-corrected chi connectivity index (χ2v) is 7.15. The van der Waals surface area contributed by atoms with Gasteiger partial charge in [0.25, 0.3) is 0 Å². The molecule has 2 aliphatic carbocycles. The lowest BCUT2D eigenvalue weighted by Crippen LogP contribution is -2.34. The van der Waals surface area contributed by atoms with Crippen LogP contribution in [0.25, 0.3) is 0 Å². The zero-order valence-electron chi connectivity index (χ0n) is 13.0. The van der Waals surface area contributed by atoms with Gasteiger partial charge in [-0.1, -0.05) is 19.1 Å². The van der Waals surface area contributed by atoms with Crippen LogP contribution in [0.1, 0.15) is 57.6 Å². The van der Waals surface area contributed by atoms with Gasteiger partial charge in [0, 0.05) is 19.0 Å². The van der Waals surface area contributed by atoms with Crippen molar-refractivity contribution in [2.45, 2.75) is 57.9 Å². The molecule has 0 radical (unpaired) electrons. The van der Waals surface area contributed by atoms with E-state index in [2.05, 4.69) is 29.5 Å². The summed E-state index contributed by atoms with van der Waals surface area (Å²) in [5, 5.41) is 12.0. The molecule has 20 heavy (non-hydrogen) atoms. The molecule has 3 atom stereocenters. The molecule has 0 aliphatic heterocycles. The van der Waals surface area contributed by atoms with Crippen LogP contribution in [0.2, 0.25) is 0 Å². The molecule has 4 heteroatoms. The summed E-state index contributed by atoms with van der Waals surface area (Å²) in [6, 6.07) is 0.808. The number of hydrogen-bond acceptors (Lipinski definition) is 3. The van der Waals surface area contributed by atoms with Crippen LogP contribution >= 0.6 is 0 Å². The highest BCUT2D eigenvalue weighted by Gasteiger charge is 2.35. The van der Waals surface area contributed by atoms with Crippen molar-refractivity contribution in [1.29, 1.82) is 0 Å². The normalized spacial score (nSPS) is 30.9. The molecule has 0 spiro atoms. The van der Waals surface area contributed by atoms with Crippen molar-refractivity contribution in [3.8, 4) is 0 Å². The average Bonchev–Trinajstić information content (AvgIpc) is 3.17. The van der Waals surface area contributed by atoms with Crippen LogP contribution in [0.3, 0.4) is 0 Å². The summed E-state index contributed by atoms with van der Waals surface area (Å²) < 4.78 is 1.98. The minimum absolute atomic E-state index is 0.627. The van der Waals surface area contributed by atoms with Crippen LogP contribution in [0, 0.1) is 17.8 Å². The minimum Gasteiger partial charge on any atom is -0.314 e. The maximum absolute atomic E-state index is 4.15. The summed E-state index contributed by atoms with van der Waals surface area (Å²) >= 11 is 0. The predicted molar refractivity (Wildman–Crippen MR) is 80.4 cm³/mol. The zero-order chi connectivity index (χ0) is 14.1. The average molecular weight is 276 g/mol. The Labute approximate surface area is 122 Å². The summed E-state index contributed by atoms with van der Waals surface area (Å²) in [6.07, 6.45) is 8.76. The summed E-state index contributed by atoms with van der Waals surface area (Å²) in [7, 11) is 2.03. The van der Waals surface area contributed by atoms with E-state index in [4.69, 9.17) is 0 Å². The molecule has 2 saturated carbocycles. The summed E-state index contributed by atoms with van der Waals surface area (Å²) in [5.41, 5.74) is 1.33. The lowest BCUT2D eigenvalue weighted by molar-refractivity contribution is 0.185. The van der Waals surface area contributed by atoms with Crippen molar-refractivity contribution in [1.82, 2.24) is 20.3 Å². The zero-order valence-corrected chi connectivity index (χ0v) is 13.0. The first-order chi connectivity index (χ1) is 9.65. The number of nitrogens with zero attached hydrogens (tertiary/aromatic N) is 3. The molecule has 112 valence electrons. The highest BCUT2D eigenvalue weighted by atomic mass is 15.4. The van der Waals surface area contributed by atoms with E-state index in [9.17, 15) is 0 Å². The molecular formula is C16H28N4. The smallest absolute Gasteiger partial charge is 0.0728 e. The Morgan fingerprint density at radius 1 is 1.30 bits per heavy atom. The highest BCUT2D eigenvalue weighted by molar-refractivity contribution is 5.08. The van der Waals surface area contributed by atoms with Crippen molar-refractivity contribution in [2.75, 3.05) is 6.54 Å². The van der Waals surface area contributed by atoms with Crippen molar-refractivity contribution < 1.29 is 0 Å². The molecule has 0 bridgehead atoms. The molecule has 1 aromatic heterocycles. The number of aryl methyl sites for hydroxylation is 1. The van der Waals surface area contributed by atoms with E-state index in [1.54, 1.807) is 0 Å². The van der Waals surface area contributed by atoms with Gasteiger partial charge in [0.1, 0.15) is 0 Å². The van der Waals surface area contributed by atoms with Gasteiger partial charge in [0.2, 0.25) is 0 Å². The molecule has 0 aromatic carbocycles. The van der Waals surface area contributed by atoms with Gasteiger partial charge in [-0.3, -0.25) is 4.68 Å². The van der Waals surface area contributed by atoms with E-state index in [1.165, 1.54) is 44.3 Å². The molecule has 3 rings (SSSR count). The van der Waals surface area contributed by atoms with Crippen LogP contribution in [-0.4, -0.2) is 27.6 Å². The molecule has 0 saturated heterocycles. The molecule has 1 heterocycles. The fraction of sp³-hybridized carbons (Fsp3) is 0.875. The third-order valence-electron chi connectivity index (χ3n) is 5.35. The molecule has 4 nitrogen and oxygen atoms in total. The Balaban J connectivity index is 1.72. The van der Waals surface area contributed by atoms with Crippen LogP contribution < -0.4 is 5.32 Å². The molecule has 0 amide bonds. The van der Waals surface area contributed by atoms with Crippen molar-refractivity contribution in [3.05, 3.63) is 11.9 Å². The van der Waals surface area contributed by atoms with Gasteiger partial charge in [0.05, 0.1) is 11.9 Å². The monoisotopic (exact) mass is 276 g/mol. The fourth-order valence-corrected chi connectivity index (χ4v) is 3.72. The summed E-state index contributed by atoms with van der Waals surface area (Å²) in [4.78, 5) is 0. The van der Waals surface area contributed by atoms with E-state index in [1.807, 2.05) is 17.9 Å². The van der Waals surface area contributed by atoms with Crippen molar-refractivity contribution in [3.63, 3.8) is 0 Å². The standard InChI is InChI=1S/C16H28N4/c1-11(2)12-4-5-13(9-17-14-6-7-14)15(8-12)16-10-18-19-20(16)3/h10-15,17H,4-9H2,1-3H3. The fourth-order valence-electron chi connectivity index (χ4n) is 3.72. The van der Waals surface area contributed by atoms with Crippen molar-refractivity contribution >= 4 is 0 Å². The second kappa shape index (κ2) is 5.84. The van der Waals surface area contributed by atoms with Crippen molar-refractivity contribution in [2.24, 2.45) is 24.8 Å². The van der Waals surface area contributed by atoms with Gasteiger partial charge in [-0.15, -0.1) is 5.10 Å². The number of aromatic nitrogens is 3. The second-order valence-electron chi connectivity index (χ2n) is 7.15. The molecule has 2 aliphatic rings. The SMILES string of the molecule is CC(C)C1CCC(CNC2CC2)C(c2cnnn2C)C1. The molecule has 3 unspecified atom stereocenters. The quantitative estimate of drug-likeness (QED) is 0.899. The van der Waals surface area contributed by atoms with E-state index < -0.39 is 0 Å². The lowest BCUT2D eigenvalue weighted by Gasteiger charge is -2.38. The molecule has 1 aromatic rings. The number of rotatable bonds is 5. The van der Waals surface area contributed by atoms with Crippen LogP contribution in [0.5, 0.6) is 0 Å². The Morgan fingerprint density at radius 2 is 2.10 bits per heavy atom. The van der Waals surface area contributed by atoms with E-state index in [0.29, 0.717) is 5.92 Å². The van der Waals surface area contributed by atoms with Crippen LogP contribution in [0.15, 0.2) is 6.20 Å². The van der Waals surface area contributed by atoms with Crippen LogP contribution in [0.4, 0.5) is 0 Å². The van der Waals surface area contributed by atoms with Gasteiger partial charge >= 0.3 is 0 Å². The third kappa shape index (κ3) is 3.05. The highest BCUT2D eigenvalue weighted by Crippen LogP contribution is 2.42. The maximum atomic E-state index is 4.15. The predicted octanol–water partition coefficient (Wildman–Crippen LogP) is 2.72. The van der Waals surface area contributed by atoms with E-state index in [0.717, 1.165) is 23.8 Å². The molecular weight excluding hydrogens is 248 g/mol. The first kappa shape index (κ1) is 14.1. The summed E-state index contributed by atoms with van der Waals surface area (Å²) in [5.74, 6) is 3.02. The molecule has 1 N–H and O–H groups in total. The third-order valence-corrected chi connectivity index (χ3v) is 5.35. The Kier molecular flexibility index (Phi) is 4.11. The molecule has 2 fully saturated rings. The Hall–Kier alpha value is -0.900. The van der Waals surface area contributed by atoms with Gasteiger partial charge < -0.3 is 5.32 Å². The van der Waals surface area contributed by atoms with Gasteiger partial charge in [-0.25, -0.2) is 0 Å². The van der Waals surface area contributed by atoms with Crippen LogP contribution in [-0.2, 0) is 7.05 Å². The Morgan fingerprint density at radius 3 is 2.70 bits per heavy atom. The van der Waals surface area contributed by atoms with E-state index >= 15 is 0 Å². The number of hydrogen-bond donors (Lipinski definition) is 1. The Bertz CT molecular complexity index is 435. The maximum Gasteiger partial charge on any atom is 0.0728 e.